The average Bonchev–Trinajstić information content (AvgIpc) is 2.61. The summed E-state index contributed by atoms with van der Waals surface area (Å²) in [4.78, 5) is 2.49. The Hall–Kier alpha value is -2.39. The predicted molar refractivity (Wildman–Crippen MR) is 104 cm³/mol. The molecular weight excluding hydrogens is 383 g/mol. The van der Waals surface area contributed by atoms with Gasteiger partial charge in [0.1, 0.15) is 11.6 Å². The number of halogens is 3. The molecule has 1 aromatic carbocycles. The van der Waals surface area contributed by atoms with Crippen molar-refractivity contribution in [1.82, 2.24) is 20.4 Å². The van der Waals surface area contributed by atoms with Crippen LogP contribution in [0.25, 0.3) is 11.3 Å². The molecule has 1 aromatic heterocycles. The second kappa shape index (κ2) is 7.79. The van der Waals surface area contributed by atoms with Crippen molar-refractivity contribution >= 4 is 5.82 Å². The number of likely N-dealkylation sites (tertiary alicyclic amines) is 1. The summed E-state index contributed by atoms with van der Waals surface area (Å²) in [5.41, 5.74) is 0.0128. The van der Waals surface area contributed by atoms with E-state index < -0.39 is 17.5 Å². The van der Waals surface area contributed by atoms with E-state index in [1.807, 2.05) is 0 Å². The standard InChI is InChI=1S/C20H24F3N5O/c1-12-7-13(20(21,22)23)8-17(29)19(12)16-4-5-18(27-26-16)25-14-3-2-6-28(11-14)15-9-24-10-15/h4-5,7-8,14-15,24,29H,2-3,6,9-11H2,1H3,(H,25,27)/t14-/m1/s1. The fourth-order valence-corrected chi connectivity index (χ4v) is 4.00. The molecule has 3 N–H and O–H groups in total. The minimum atomic E-state index is -4.51. The van der Waals surface area contributed by atoms with E-state index >= 15 is 0 Å². The third-order valence-corrected chi connectivity index (χ3v) is 5.64. The third-order valence-electron chi connectivity index (χ3n) is 5.64. The molecule has 0 bridgehead atoms. The van der Waals surface area contributed by atoms with Gasteiger partial charge in [-0.25, -0.2) is 0 Å². The topological polar surface area (TPSA) is 73.3 Å². The summed E-state index contributed by atoms with van der Waals surface area (Å²) < 4.78 is 38.7. The molecule has 0 spiro atoms. The van der Waals surface area contributed by atoms with Gasteiger partial charge in [-0.1, -0.05) is 0 Å². The van der Waals surface area contributed by atoms with Gasteiger partial charge >= 0.3 is 6.18 Å². The number of hydrogen-bond acceptors (Lipinski definition) is 6. The van der Waals surface area contributed by atoms with Gasteiger partial charge in [0.05, 0.1) is 11.3 Å². The zero-order valence-corrected chi connectivity index (χ0v) is 16.1. The van der Waals surface area contributed by atoms with Crippen molar-refractivity contribution < 1.29 is 18.3 Å². The van der Waals surface area contributed by atoms with E-state index in [4.69, 9.17) is 0 Å². The molecule has 3 heterocycles. The van der Waals surface area contributed by atoms with E-state index in [2.05, 4.69) is 25.7 Å². The summed E-state index contributed by atoms with van der Waals surface area (Å²) in [5.74, 6) is 0.167. The second-order valence-corrected chi connectivity index (χ2v) is 7.78. The van der Waals surface area contributed by atoms with Gasteiger partial charge in [0.15, 0.2) is 0 Å². The fraction of sp³-hybridized carbons (Fsp3) is 0.500. The third kappa shape index (κ3) is 4.30. The van der Waals surface area contributed by atoms with Crippen molar-refractivity contribution in [1.29, 1.82) is 0 Å². The van der Waals surface area contributed by atoms with Gasteiger partial charge in [-0.3, -0.25) is 4.90 Å². The largest absolute Gasteiger partial charge is 0.507 e. The minimum Gasteiger partial charge on any atom is -0.507 e. The van der Waals surface area contributed by atoms with Crippen LogP contribution in [-0.4, -0.2) is 58.5 Å². The molecule has 0 radical (unpaired) electrons. The van der Waals surface area contributed by atoms with E-state index in [9.17, 15) is 18.3 Å². The maximum absolute atomic E-state index is 12.9. The van der Waals surface area contributed by atoms with Gasteiger partial charge in [-0.2, -0.15) is 13.2 Å². The summed E-state index contributed by atoms with van der Waals surface area (Å²) in [6.07, 6.45) is -2.33. The van der Waals surface area contributed by atoms with Gasteiger partial charge < -0.3 is 15.7 Å². The van der Waals surface area contributed by atoms with Crippen molar-refractivity contribution in [3.63, 3.8) is 0 Å². The van der Waals surface area contributed by atoms with Crippen LogP contribution in [0.3, 0.4) is 0 Å². The average molecular weight is 407 g/mol. The number of nitrogens with zero attached hydrogens (tertiary/aromatic N) is 3. The zero-order valence-electron chi connectivity index (χ0n) is 16.1. The SMILES string of the molecule is Cc1cc(C(F)(F)F)cc(O)c1-c1ccc(N[C@@H]2CCCN(C3CNC3)C2)nn1. The Morgan fingerprint density at radius 3 is 2.59 bits per heavy atom. The number of piperidine rings is 1. The molecule has 0 unspecified atom stereocenters. The first kappa shape index (κ1) is 19.9. The lowest BCUT2D eigenvalue weighted by Crippen LogP contribution is -2.60. The number of alkyl halides is 3. The van der Waals surface area contributed by atoms with Crippen molar-refractivity contribution in [3.8, 4) is 17.0 Å². The first-order valence-corrected chi connectivity index (χ1v) is 9.77. The van der Waals surface area contributed by atoms with Gasteiger partial charge in [-0.15, -0.1) is 10.2 Å². The summed E-state index contributed by atoms with van der Waals surface area (Å²) >= 11 is 0. The number of aryl methyl sites for hydroxylation is 1. The molecule has 4 rings (SSSR count). The number of benzene rings is 1. The van der Waals surface area contributed by atoms with Crippen LogP contribution in [0.4, 0.5) is 19.0 Å². The van der Waals surface area contributed by atoms with E-state index in [0.717, 1.165) is 51.2 Å². The van der Waals surface area contributed by atoms with Crippen LogP contribution in [0, 0.1) is 6.92 Å². The second-order valence-electron chi connectivity index (χ2n) is 7.78. The predicted octanol–water partition coefficient (Wildman–Crippen LogP) is 3.02. The van der Waals surface area contributed by atoms with E-state index in [0.29, 0.717) is 23.1 Å². The first-order chi connectivity index (χ1) is 13.8. The highest BCUT2D eigenvalue weighted by molar-refractivity contribution is 5.71. The van der Waals surface area contributed by atoms with E-state index in [-0.39, 0.29) is 11.6 Å². The molecule has 156 valence electrons. The maximum atomic E-state index is 12.9. The smallest absolute Gasteiger partial charge is 0.416 e. The highest BCUT2D eigenvalue weighted by Gasteiger charge is 2.32. The Morgan fingerprint density at radius 1 is 1.21 bits per heavy atom. The Labute approximate surface area is 167 Å². The Bertz CT molecular complexity index is 844. The van der Waals surface area contributed by atoms with Crippen molar-refractivity contribution in [3.05, 3.63) is 35.4 Å². The van der Waals surface area contributed by atoms with Crippen molar-refractivity contribution in [2.75, 3.05) is 31.5 Å². The van der Waals surface area contributed by atoms with Crippen molar-refractivity contribution in [2.45, 2.75) is 38.0 Å². The fourth-order valence-electron chi connectivity index (χ4n) is 4.00. The molecule has 0 aliphatic carbocycles. The Kier molecular flexibility index (Phi) is 5.35. The summed E-state index contributed by atoms with van der Waals surface area (Å²) in [7, 11) is 0. The summed E-state index contributed by atoms with van der Waals surface area (Å²) in [6, 6.07) is 6.05. The van der Waals surface area contributed by atoms with Crippen LogP contribution in [0.5, 0.6) is 5.75 Å². The number of aromatic hydroxyl groups is 1. The maximum Gasteiger partial charge on any atom is 0.416 e. The van der Waals surface area contributed by atoms with E-state index in [1.54, 1.807) is 12.1 Å². The number of hydrogen-bond donors (Lipinski definition) is 3. The van der Waals surface area contributed by atoms with Crippen LogP contribution in [0.1, 0.15) is 24.0 Å². The van der Waals surface area contributed by atoms with E-state index in [1.165, 1.54) is 6.92 Å². The van der Waals surface area contributed by atoms with Gasteiger partial charge in [0.2, 0.25) is 0 Å². The number of anilines is 1. The zero-order chi connectivity index (χ0) is 20.6. The lowest BCUT2D eigenvalue weighted by molar-refractivity contribution is -0.137. The molecule has 2 fully saturated rings. The lowest BCUT2D eigenvalue weighted by Gasteiger charge is -2.43. The Morgan fingerprint density at radius 2 is 2.00 bits per heavy atom. The number of nitrogens with one attached hydrogen (secondary N) is 2. The summed E-state index contributed by atoms with van der Waals surface area (Å²) in [5, 5.41) is 25.2. The number of phenolic OH excluding ortho intramolecular Hbond substituents is 1. The Balaban J connectivity index is 1.47. The number of aromatic nitrogens is 2. The first-order valence-electron chi connectivity index (χ1n) is 9.77. The van der Waals surface area contributed by atoms with Gasteiger partial charge in [0.25, 0.3) is 0 Å². The van der Waals surface area contributed by atoms with Crippen LogP contribution in [0.2, 0.25) is 0 Å². The minimum absolute atomic E-state index is 0.262. The number of phenols is 1. The van der Waals surface area contributed by atoms with Crippen LogP contribution in [0.15, 0.2) is 24.3 Å². The molecule has 2 aliphatic rings. The highest BCUT2D eigenvalue weighted by atomic mass is 19.4. The van der Waals surface area contributed by atoms with Crippen molar-refractivity contribution in [2.24, 2.45) is 0 Å². The highest BCUT2D eigenvalue weighted by Crippen LogP contribution is 2.38. The molecule has 6 nitrogen and oxygen atoms in total. The molecule has 29 heavy (non-hydrogen) atoms. The van der Waals surface area contributed by atoms with Crippen LogP contribution < -0.4 is 10.6 Å². The van der Waals surface area contributed by atoms with Gasteiger partial charge in [0, 0.05) is 37.3 Å². The quantitative estimate of drug-likeness (QED) is 0.724. The van der Waals surface area contributed by atoms with Crippen LogP contribution in [-0.2, 0) is 6.18 Å². The molecule has 9 heteroatoms. The molecular formula is C20H24F3N5O. The molecule has 2 saturated heterocycles. The number of rotatable bonds is 4. The molecule has 0 saturated carbocycles. The molecule has 1 atom stereocenters. The van der Waals surface area contributed by atoms with Gasteiger partial charge in [-0.05, 0) is 56.1 Å². The monoisotopic (exact) mass is 407 g/mol. The summed E-state index contributed by atoms with van der Waals surface area (Å²) in [6.45, 7) is 5.66. The lowest BCUT2D eigenvalue weighted by atomic mass is 10.0. The molecule has 0 amide bonds. The van der Waals surface area contributed by atoms with Crippen LogP contribution >= 0.6 is 0 Å². The normalized spacial score (nSPS) is 21.0. The molecule has 2 aromatic rings. The molecule has 2 aliphatic heterocycles.